The van der Waals surface area contributed by atoms with E-state index in [9.17, 15) is 22.8 Å². The van der Waals surface area contributed by atoms with Crippen LogP contribution in [0, 0.1) is 5.92 Å². The van der Waals surface area contributed by atoms with Gasteiger partial charge in [-0.3, -0.25) is 14.3 Å². The Morgan fingerprint density at radius 2 is 2.03 bits per heavy atom. The van der Waals surface area contributed by atoms with Gasteiger partial charge >= 0.3 is 6.18 Å². The topological polar surface area (TPSA) is 101 Å². The molecule has 1 fully saturated rings. The van der Waals surface area contributed by atoms with E-state index in [1.165, 1.54) is 11.3 Å². The number of alkyl halides is 3. The van der Waals surface area contributed by atoms with Crippen molar-refractivity contribution in [3.05, 3.63) is 52.1 Å². The van der Waals surface area contributed by atoms with Gasteiger partial charge in [0.05, 0.1) is 35.4 Å². The quantitative estimate of drug-likeness (QED) is 0.416. The molecule has 9 nitrogen and oxygen atoms in total. The highest BCUT2D eigenvalue weighted by atomic mass is 32.1. The van der Waals surface area contributed by atoms with E-state index in [2.05, 4.69) is 20.7 Å². The lowest BCUT2D eigenvalue weighted by Crippen LogP contribution is -2.44. The molecule has 2 aliphatic rings. The molecule has 13 heteroatoms. The highest BCUT2D eigenvalue weighted by molar-refractivity contribution is 7.14. The third-order valence-corrected chi connectivity index (χ3v) is 8.04. The molecular formula is C26H29F3N6O3S. The number of nitrogens with one attached hydrogen (secondary N) is 2. The molecular weight excluding hydrogens is 533 g/mol. The van der Waals surface area contributed by atoms with Gasteiger partial charge < -0.3 is 20.3 Å². The fourth-order valence-electron chi connectivity index (χ4n) is 5.00. The van der Waals surface area contributed by atoms with Gasteiger partial charge in [0.15, 0.2) is 0 Å². The molecule has 2 amide bonds. The van der Waals surface area contributed by atoms with E-state index in [0.29, 0.717) is 42.6 Å². The van der Waals surface area contributed by atoms with Gasteiger partial charge in [0.1, 0.15) is 18.3 Å². The number of hydrogen-bond donors (Lipinski definition) is 2. The van der Waals surface area contributed by atoms with Crippen LogP contribution < -0.4 is 20.3 Å². The van der Waals surface area contributed by atoms with E-state index in [1.54, 1.807) is 41.2 Å². The number of hydrogen-bond acceptors (Lipinski definition) is 7. The average Bonchev–Trinajstić information content (AvgIpc) is 3.66. The van der Waals surface area contributed by atoms with Gasteiger partial charge in [0, 0.05) is 24.3 Å². The first-order valence-electron chi connectivity index (χ1n) is 12.8. The Morgan fingerprint density at radius 1 is 1.23 bits per heavy atom. The van der Waals surface area contributed by atoms with Gasteiger partial charge in [-0.25, -0.2) is 4.98 Å². The molecule has 0 aromatic carbocycles. The summed E-state index contributed by atoms with van der Waals surface area (Å²) in [5, 5.41) is 9.81. The molecule has 2 N–H and O–H groups in total. The fraction of sp³-hybridized carbons (Fsp3) is 0.462. The molecule has 3 aromatic rings. The SMILES string of the molecule is Cn1cc(NC(=O)[C@H](CC2CCCC2)NC(=O)c2ccc(CN3CCOc4ncc(C(F)(F)F)cc43)s2)cn1. The summed E-state index contributed by atoms with van der Waals surface area (Å²) in [7, 11) is 1.75. The number of aromatic nitrogens is 3. The van der Waals surface area contributed by atoms with Crippen LogP contribution in [0.2, 0.25) is 0 Å². The zero-order valence-corrected chi connectivity index (χ0v) is 22.1. The molecule has 208 valence electrons. The van der Waals surface area contributed by atoms with E-state index in [-0.39, 0.29) is 23.4 Å². The zero-order valence-electron chi connectivity index (χ0n) is 21.3. The molecule has 5 rings (SSSR count). The molecule has 1 saturated carbocycles. The van der Waals surface area contributed by atoms with Crippen LogP contribution in [0.3, 0.4) is 0 Å². The number of pyridine rings is 1. The number of carbonyl (C=O) groups is 2. The molecule has 39 heavy (non-hydrogen) atoms. The summed E-state index contributed by atoms with van der Waals surface area (Å²) < 4.78 is 46.8. The van der Waals surface area contributed by atoms with Crippen LogP contribution in [0.1, 0.15) is 52.2 Å². The standard InChI is InChI=1S/C26H29F3N6O3S/c1-34-14-18(13-31-34)32-23(36)20(10-16-4-2-3-5-16)33-24(37)22-7-6-19(39-22)15-35-8-9-38-25-21(35)11-17(12-30-25)26(27,28)29/h6-7,11-14,16,20H,2-5,8-10,15H2,1H3,(H,32,36)(H,33,37)/t20-/m0/s1. The van der Waals surface area contributed by atoms with Crippen molar-refractivity contribution in [3.63, 3.8) is 0 Å². The van der Waals surface area contributed by atoms with Gasteiger partial charge in [-0.15, -0.1) is 11.3 Å². The van der Waals surface area contributed by atoms with Crippen molar-refractivity contribution in [3.8, 4) is 5.88 Å². The largest absolute Gasteiger partial charge is 0.474 e. The number of carbonyl (C=O) groups excluding carboxylic acids is 2. The van der Waals surface area contributed by atoms with Crippen LogP contribution in [-0.2, 0) is 24.6 Å². The van der Waals surface area contributed by atoms with E-state index < -0.39 is 17.8 Å². The lowest BCUT2D eigenvalue weighted by atomic mass is 9.97. The summed E-state index contributed by atoms with van der Waals surface area (Å²) in [4.78, 5) is 33.1. The molecule has 4 heterocycles. The Bertz CT molecular complexity index is 1330. The Balaban J connectivity index is 1.27. The second-order valence-corrected chi connectivity index (χ2v) is 11.1. The summed E-state index contributed by atoms with van der Waals surface area (Å²) in [6.07, 6.45) is 4.34. The maximum absolute atomic E-state index is 13.2. The predicted octanol–water partition coefficient (Wildman–Crippen LogP) is 4.61. The number of anilines is 2. The first-order chi connectivity index (χ1) is 18.7. The van der Waals surface area contributed by atoms with Crippen molar-refractivity contribution >= 4 is 34.5 Å². The zero-order chi connectivity index (χ0) is 27.6. The van der Waals surface area contributed by atoms with Crippen molar-refractivity contribution in [1.29, 1.82) is 0 Å². The second kappa shape index (κ2) is 11.2. The number of fused-ring (bicyclic) bond motifs is 1. The lowest BCUT2D eigenvalue weighted by Gasteiger charge is -2.30. The third kappa shape index (κ3) is 6.52. The minimum Gasteiger partial charge on any atom is -0.474 e. The minimum absolute atomic E-state index is 0.151. The monoisotopic (exact) mass is 562 g/mol. The van der Waals surface area contributed by atoms with Crippen LogP contribution in [0.5, 0.6) is 5.88 Å². The van der Waals surface area contributed by atoms with Crippen molar-refractivity contribution in [1.82, 2.24) is 20.1 Å². The fourth-order valence-corrected chi connectivity index (χ4v) is 5.93. The molecule has 0 spiro atoms. The van der Waals surface area contributed by atoms with Gasteiger partial charge in [-0.1, -0.05) is 25.7 Å². The van der Waals surface area contributed by atoms with Gasteiger partial charge in [0.2, 0.25) is 11.8 Å². The summed E-state index contributed by atoms with van der Waals surface area (Å²) in [5.41, 5.74) is -0.0272. The summed E-state index contributed by atoms with van der Waals surface area (Å²) in [5.74, 6) is -0.138. The molecule has 3 aromatic heterocycles. The summed E-state index contributed by atoms with van der Waals surface area (Å²) >= 11 is 1.24. The Morgan fingerprint density at radius 3 is 2.74 bits per heavy atom. The highest BCUT2D eigenvalue weighted by Gasteiger charge is 2.34. The van der Waals surface area contributed by atoms with Crippen LogP contribution in [0.4, 0.5) is 24.5 Å². The van der Waals surface area contributed by atoms with Crippen LogP contribution in [0.15, 0.2) is 36.8 Å². The highest BCUT2D eigenvalue weighted by Crippen LogP contribution is 2.37. The van der Waals surface area contributed by atoms with Gasteiger partial charge in [-0.05, 0) is 30.5 Å². The Labute approximate surface area is 227 Å². The van der Waals surface area contributed by atoms with E-state index >= 15 is 0 Å². The molecule has 0 unspecified atom stereocenters. The minimum atomic E-state index is -4.52. The number of rotatable bonds is 8. The van der Waals surface area contributed by atoms with E-state index in [4.69, 9.17) is 4.74 Å². The van der Waals surface area contributed by atoms with Crippen LogP contribution >= 0.6 is 11.3 Å². The molecule has 0 bridgehead atoms. The third-order valence-electron chi connectivity index (χ3n) is 6.97. The number of thiophene rings is 1. The maximum Gasteiger partial charge on any atom is 0.417 e. The van der Waals surface area contributed by atoms with E-state index in [0.717, 1.165) is 42.8 Å². The molecule has 1 aliphatic heterocycles. The van der Waals surface area contributed by atoms with E-state index in [1.807, 2.05) is 0 Å². The van der Waals surface area contributed by atoms with Gasteiger partial charge in [-0.2, -0.15) is 18.3 Å². The molecule has 1 atom stereocenters. The normalized spacial score (nSPS) is 16.5. The average molecular weight is 563 g/mol. The Hall–Kier alpha value is -3.61. The number of amides is 2. The smallest absolute Gasteiger partial charge is 0.417 e. The summed E-state index contributed by atoms with van der Waals surface area (Å²) in [6.45, 7) is 0.969. The molecule has 1 aliphatic carbocycles. The number of halogens is 3. The number of aryl methyl sites for hydroxylation is 1. The molecule has 0 saturated heterocycles. The van der Waals surface area contributed by atoms with Crippen molar-refractivity contribution in [2.45, 2.75) is 50.9 Å². The van der Waals surface area contributed by atoms with Crippen molar-refractivity contribution in [2.75, 3.05) is 23.4 Å². The van der Waals surface area contributed by atoms with Crippen molar-refractivity contribution in [2.24, 2.45) is 13.0 Å². The lowest BCUT2D eigenvalue weighted by molar-refractivity contribution is -0.137. The van der Waals surface area contributed by atoms with Crippen molar-refractivity contribution < 1.29 is 27.5 Å². The second-order valence-electron chi connectivity index (χ2n) is 9.89. The number of ether oxygens (including phenoxy) is 1. The predicted molar refractivity (Wildman–Crippen MR) is 140 cm³/mol. The maximum atomic E-state index is 13.2. The molecule has 0 radical (unpaired) electrons. The number of nitrogens with zero attached hydrogens (tertiary/aromatic N) is 4. The Kier molecular flexibility index (Phi) is 7.78. The first kappa shape index (κ1) is 27.0. The summed E-state index contributed by atoms with van der Waals surface area (Å²) in [6, 6.07) is 3.78. The van der Waals surface area contributed by atoms with Gasteiger partial charge in [0.25, 0.3) is 5.91 Å². The van der Waals surface area contributed by atoms with Crippen LogP contribution in [-0.4, -0.2) is 45.8 Å². The van der Waals surface area contributed by atoms with Crippen LogP contribution in [0.25, 0.3) is 0 Å². The first-order valence-corrected chi connectivity index (χ1v) is 13.6.